The lowest BCUT2D eigenvalue weighted by Gasteiger charge is -2.20. The zero-order valence-corrected chi connectivity index (χ0v) is 16.6. The summed E-state index contributed by atoms with van der Waals surface area (Å²) in [6, 6.07) is 14.3. The third kappa shape index (κ3) is 4.70. The standard InChI is InChI=1S/C21H23ClN4O2/c1-13(2)19(20-24-16-9-5-6-10-17(16)25-20)26-18(27)11-12-23-21(28)14-7-3-4-8-15(14)22/h3-10,13,19H,11-12H2,1-2H3,(H,23,28)(H,24,25)(H,26,27)/t19-/m1/s1. The van der Waals surface area contributed by atoms with Crippen molar-refractivity contribution in [2.24, 2.45) is 5.92 Å². The van der Waals surface area contributed by atoms with E-state index in [1.165, 1.54) is 0 Å². The van der Waals surface area contributed by atoms with Gasteiger partial charge in [0, 0.05) is 13.0 Å². The summed E-state index contributed by atoms with van der Waals surface area (Å²) in [6.45, 7) is 4.27. The van der Waals surface area contributed by atoms with Crippen molar-refractivity contribution in [3.63, 3.8) is 0 Å². The molecule has 28 heavy (non-hydrogen) atoms. The van der Waals surface area contributed by atoms with Crippen LogP contribution in [-0.4, -0.2) is 28.3 Å². The number of H-pyrrole nitrogens is 1. The topological polar surface area (TPSA) is 86.9 Å². The molecule has 6 nitrogen and oxygen atoms in total. The zero-order chi connectivity index (χ0) is 20.1. The molecule has 0 aliphatic carbocycles. The number of carbonyl (C=O) groups excluding carboxylic acids is 2. The lowest BCUT2D eigenvalue weighted by molar-refractivity contribution is -0.122. The maximum absolute atomic E-state index is 12.4. The Morgan fingerprint density at radius 1 is 1.11 bits per heavy atom. The Balaban J connectivity index is 1.57. The lowest BCUT2D eigenvalue weighted by Crippen LogP contribution is -2.35. The van der Waals surface area contributed by atoms with E-state index in [9.17, 15) is 9.59 Å². The number of nitrogens with zero attached hydrogens (tertiary/aromatic N) is 1. The molecule has 3 rings (SSSR count). The number of aromatic nitrogens is 2. The fourth-order valence-corrected chi connectivity index (χ4v) is 3.17. The van der Waals surface area contributed by atoms with Crippen LogP contribution in [0, 0.1) is 5.92 Å². The SMILES string of the molecule is CC(C)[C@@H](NC(=O)CCNC(=O)c1ccccc1Cl)c1nc2ccccc2[nH]1. The molecule has 1 aromatic heterocycles. The molecule has 0 bridgehead atoms. The van der Waals surface area contributed by atoms with Gasteiger partial charge in [0.2, 0.25) is 5.91 Å². The predicted octanol–water partition coefficient (Wildman–Crippen LogP) is 3.85. The van der Waals surface area contributed by atoms with Gasteiger partial charge in [0.15, 0.2) is 0 Å². The van der Waals surface area contributed by atoms with Gasteiger partial charge in [-0.3, -0.25) is 9.59 Å². The van der Waals surface area contributed by atoms with Crippen molar-refractivity contribution in [1.29, 1.82) is 0 Å². The smallest absolute Gasteiger partial charge is 0.252 e. The van der Waals surface area contributed by atoms with Crippen molar-refractivity contribution in [3.05, 3.63) is 64.9 Å². The second kappa shape index (κ2) is 8.89. The van der Waals surface area contributed by atoms with Gasteiger partial charge >= 0.3 is 0 Å². The second-order valence-corrected chi connectivity index (χ2v) is 7.32. The normalized spacial score (nSPS) is 12.1. The highest BCUT2D eigenvalue weighted by Crippen LogP contribution is 2.22. The van der Waals surface area contributed by atoms with Crippen LogP contribution in [0.15, 0.2) is 48.5 Å². The molecule has 0 spiro atoms. The Bertz CT molecular complexity index is 950. The van der Waals surface area contributed by atoms with Crippen molar-refractivity contribution < 1.29 is 9.59 Å². The van der Waals surface area contributed by atoms with Crippen LogP contribution in [0.2, 0.25) is 5.02 Å². The molecule has 0 aliphatic heterocycles. The maximum atomic E-state index is 12.4. The van der Waals surface area contributed by atoms with Crippen molar-refractivity contribution in [2.45, 2.75) is 26.3 Å². The molecular formula is C21H23ClN4O2. The van der Waals surface area contributed by atoms with Crippen molar-refractivity contribution in [1.82, 2.24) is 20.6 Å². The Morgan fingerprint density at radius 2 is 1.82 bits per heavy atom. The Labute approximate surface area is 168 Å². The minimum atomic E-state index is -0.295. The molecule has 146 valence electrons. The van der Waals surface area contributed by atoms with Crippen LogP contribution in [0.4, 0.5) is 0 Å². The van der Waals surface area contributed by atoms with E-state index in [0.717, 1.165) is 16.9 Å². The average Bonchev–Trinajstić information content (AvgIpc) is 3.09. The number of aromatic amines is 1. The number of hydrogen-bond acceptors (Lipinski definition) is 3. The van der Waals surface area contributed by atoms with Crippen LogP contribution < -0.4 is 10.6 Å². The fraction of sp³-hybridized carbons (Fsp3) is 0.286. The number of rotatable bonds is 7. The molecule has 0 unspecified atom stereocenters. The summed E-state index contributed by atoms with van der Waals surface area (Å²) >= 11 is 6.02. The summed E-state index contributed by atoms with van der Waals surface area (Å²) in [5.74, 6) is 0.432. The van der Waals surface area contributed by atoms with Crippen LogP contribution in [-0.2, 0) is 4.79 Å². The number of benzene rings is 2. The molecule has 1 atom stereocenters. The minimum absolute atomic E-state index is 0.154. The van der Waals surface area contributed by atoms with Gasteiger partial charge in [0.25, 0.3) is 5.91 Å². The lowest BCUT2D eigenvalue weighted by atomic mass is 10.0. The van der Waals surface area contributed by atoms with E-state index in [1.807, 2.05) is 38.1 Å². The quantitative estimate of drug-likeness (QED) is 0.565. The first-order valence-electron chi connectivity index (χ1n) is 9.22. The summed E-state index contributed by atoms with van der Waals surface area (Å²) in [5.41, 5.74) is 2.20. The monoisotopic (exact) mass is 398 g/mol. The van der Waals surface area contributed by atoms with Crippen LogP contribution in [0.5, 0.6) is 0 Å². The average molecular weight is 399 g/mol. The van der Waals surface area contributed by atoms with Crippen molar-refractivity contribution >= 4 is 34.4 Å². The molecule has 3 aromatic rings. The first-order chi connectivity index (χ1) is 13.5. The van der Waals surface area contributed by atoms with Crippen LogP contribution in [0.1, 0.15) is 42.5 Å². The molecule has 0 saturated heterocycles. The Morgan fingerprint density at radius 3 is 2.54 bits per heavy atom. The molecule has 0 radical (unpaired) electrons. The van der Waals surface area contributed by atoms with Gasteiger partial charge in [0.1, 0.15) is 5.82 Å². The second-order valence-electron chi connectivity index (χ2n) is 6.91. The third-order valence-corrected chi connectivity index (χ3v) is 4.77. The first-order valence-corrected chi connectivity index (χ1v) is 9.60. The fourth-order valence-electron chi connectivity index (χ4n) is 2.95. The molecule has 7 heteroatoms. The van der Waals surface area contributed by atoms with Gasteiger partial charge < -0.3 is 15.6 Å². The van der Waals surface area contributed by atoms with Gasteiger partial charge in [-0.15, -0.1) is 0 Å². The number of fused-ring (bicyclic) bond motifs is 1. The largest absolute Gasteiger partial charge is 0.351 e. The van der Waals surface area contributed by atoms with Crippen LogP contribution >= 0.6 is 11.6 Å². The number of amides is 2. The third-order valence-electron chi connectivity index (χ3n) is 4.44. The van der Waals surface area contributed by atoms with E-state index < -0.39 is 0 Å². The van der Waals surface area contributed by atoms with Crippen LogP contribution in [0.3, 0.4) is 0 Å². The predicted molar refractivity (Wildman–Crippen MR) is 110 cm³/mol. The number of carbonyl (C=O) groups is 2. The highest BCUT2D eigenvalue weighted by Gasteiger charge is 2.21. The van der Waals surface area contributed by atoms with E-state index in [4.69, 9.17) is 11.6 Å². The summed E-state index contributed by atoms with van der Waals surface area (Å²) < 4.78 is 0. The Kier molecular flexibility index (Phi) is 6.31. The molecular weight excluding hydrogens is 376 g/mol. The minimum Gasteiger partial charge on any atom is -0.351 e. The molecule has 0 aliphatic rings. The number of hydrogen-bond donors (Lipinski definition) is 3. The summed E-state index contributed by atoms with van der Waals surface area (Å²) in [7, 11) is 0. The number of nitrogens with one attached hydrogen (secondary N) is 3. The van der Waals surface area contributed by atoms with E-state index in [0.29, 0.717) is 10.6 Å². The Hall–Kier alpha value is -2.86. The summed E-state index contributed by atoms with van der Waals surface area (Å²) in [6.07, 6.45) is 0.166. The number of imidazole rings is 1. The van der Waals surface area contributed by atoms with Crippen LogP contribution in [0.25, 0.3) is 11.0 Å². The molecule has 3 N–H and O–H groups in total. The zero-order valence-electron chi connectivity index (χ0n) is 15.8. The van der Waals surface area contributed by atoms with Gasteiger partial charge in [-0.05, 0) is 30.2 Å². The maximum Gasteiger partial charge on any atom is 0.252 e. The van der Waals surface area contributed by atoms with E-state index in [1.54, 1.807) is 24.3 Å². The first kappa shape index (κ1) is 19.9. The number of para-hydroxylation sites is 2. The highest BCUT2D eigenvalue weighted by molar-refractivity contribution is 6.33. The number of halogens is 1. The molecule has 1 heterocycles. The van der Waals surface area contributed by atoms with Gasteiger partial charge in [-0.1, -0.05) is 49.7 Å². The molecule has 2 aromatic carbocycles. The van der Waals surface area contributed by atoms with E-state index in [2.05, 4.69) is 20.6 Å². The van der Waals surface area contributed by atoms with Crippen molar-refractivity contribution in [3.8, 4) is 0 Å². The van der Waals surface area contributed by atoms with E-state index in [-0.39, 0.29) is 36.7 Å². The van der Waals surface area contributed by atoms with E-state index >= 15 is 0 Å². The summed E-state index contributed by atoms with van der Waals surface area (Å²) in [4.78, 5) is 32.4. The highest BCUT2D eigenvalue weighted by atomic mass is 35.5. The summed E-state index contributed by atoms with van der Waals surface area (Å²) in [5, 5.41) is 6.12. The molecule has 0 fully saturated rings. The van der Waals surface area contributed by atoms with Gasteiger partial charge in [-0.2, -0.15) is 0 Å². The van der Waals surface area contributed by atoms with Gasteiger partial charge in [-0.25, -0.2) is 4.98 Å². The molecule has 0 saturated carbocycles. The molecule has 2 amide bonds. The van der Waals surface area contributed by atoms with Gasteiger partial charge in [0.05, 0.1) is 27.7 Å². The van der Waals surface area contributed by atoms with Crippen molar-refractivity contribution in [2.75, 3.05) is 6.54 Å².